The average Bonchev–Trinajstić information content (AvgIpc) is 2.82. The van der Waals surface area contributed by atoms with Crippen LogP contribution in [0.5, 0.6) is 0 Å². The van der Waals surface area contributed by atoms with Crippen molar-refractivity contribution >= 4 is 0 Å². The highest BCUT2D eigenvalue weighted by Gasteiger charge is 2.54. The molecule has 0 amide bonds. The van der Waals surface area contributed by atoms with E-state index in [1.54, 1.807) is 0 Å². The first-order valence-electron chi connectivity index (χ1n) is 6.79. The van der Waals surface area contributed by atoms with Crippen LogP contribution in [0, 0.1) is 47.3 Å². The molecular weight excluding hydrogens is 180 g/mol. The van der Waals surface area contributed by atoms with Gasteiger partial charge in [0.15, 0.2) is 0 Å². The third kappa shape index (κ3) is 1.14. The Morgan fingerprint density at radius 3 is 1.47 bits per heavy atom. The molecule has 0 aromatic carbocycles. The molecule has 0 radical (unpaired) electrons. The molecule has 0 aliphatic heterocycles. The van der Waals surface area contributed by atoms with Crippen LogP contribution in [-0.2, 0) is 0 Å². The van der Waals surface area contributed by atoms with E-state index >= 15 is 0 Å². The van der Waals surface area contributed by atoms with Crippen LogP contribution >= 0.6 is 0 Å². The first kappa shape index (κ1) is 9.93. The highest BCUT2D eigenvalue weighted by molar-refractivity contribution is 5.17. The molecule has 2 saturated carbocycles. The summed E-state index contributed by atoms with van der Waals surface area (Å²) < 4.78 is 0. The largest absolute Gasteiger partial charge is 0.0848 e. The molecule has 0 heterocycles. The van der Waals surface area contributed by atoms with Gasteiger partial charge in [0.05, 0.1) is 0 Å². The van der Waals surface area contributed by atoms with Gasteiger partial charge >= 0.3 is 0 Å². The molecule has 15 heavy (non-hydrogen) atoms. The number of hydrogen-bond donors (Lipinski definition) is 0. The maximum atomic E-state index is 2.53. The van der Waals surface area contributed by atoms with Gasteiger partial charge in [0.2, 0.25) is 0 Å². The lowest BCUT2D eigenvalue weighted by Crippen LogP contribution is -2.44. The third-order valence-electron chi connectivity index (χ3n) is 6.29. The maximum Gasteiger partial charge on any atom is -0.0194 e. The lowest BCUT2D eigenvalue weighted by molar-refractivity contribution is 0.00551. The average molecular weight is 204 g/mol. The minimum atomic E-state index is 0.925. The van der Waals surface area contributed by atoms with Crippen LogP contribution in [0.3, 0.4) is 0 Å². The maximum absolute atomic E-state index is 2.53. The van der Waals surface area contributed by atoms with E-state index in [1.807, 2.05) is 0 Å². The first-order chi connectivity index (χ1) is 7.11. The van der Waals surface area contributed by atoms with Gasteiger partial charge in [-0.05, 0) is 53.8 Å². The monoisotopic (exact) mass is 204 g/mol. The van der Waals surface area contributed by atoms with Crippen LogP contribution in [0.25, 0.3) is 0 Å². The second-order valence-corrected chi connectivity index (χ2v) is 6.54. The van der Waals surface area contributed by atoms with Crippen molar-refractivity contribution in [3.05, 3.63) is 12.2 Å². The lowest BCUT2D eigenvalue weighted by Gasteiger charge is -2.49. The van der Waals surface area contributed by atoms with Crippen LogP contribution in [0.2, 0.25) is 0 Å². The van der Waals surface area contributed by atoms with E-state index in [-0.39, 0.29) is 0 Å². The van der Waals surface area contributed by atoms with E-state index in [0.717, 1.165) is 47.3 Å². The molecule has 8 unspecified atom stereocenters. The summed E-state index contributed by atoms with van der Waals surface area (Å²) in [5.41, 5.74) is 0. The van der Waals surface area contributed by atoms with Gasteiger partial charge in [-0.15, -0.1) is 0 Å². The molecule has 3 aliphatic rings. The van der Waals surface area contributed by atoms with Crippen molar-refractivity contribution in [1.82, 2.24) is 0 Å². The fourth-order valence-corrected chi connectivity index (χ4v) is 5.04. The summed E-state index contributed by atoms with van der Waals surface area (Å²) >= 11 is 0. The van der Waals surface area contributed by atoms with Crippen LogP contribution in [-0.4, -0.2) is 0 Å². The second kappa shape index (κ2) is 3.12. The van der Waals surface area contributed by atoms with Gasteiger partial charge in [-0.25, -0.2) is 0 Å². The number of allylic oxidation sites excluding steroid dienone is 2. The van der Waals surface area contributed by atoms with Crippen LogP contribution < -0.4 is 0 Å². The van der Waals surface area contributed by atoms with Crippen molar-refractivity contribution < 1.29 is 0 Å². The summed E-state index contributed by atoms with van der Waals surface area (Å²) in [6, 6.07) is 0. The van der Waals surface area contributed by atoms with E-state index in [0.29, 0.717) is 0 Å². The topological polar surface area (TPSA) is 0 Å². The number of rotatable bonds is 0. The Balaban J connectivity index is 1.96. The molecule has 2 bridgehead atoms. The highest BCUT2D eigenvalue weighted by Crippen LogP contribution is 2.60. The van der Waals surface area contributed by atoms with E-state index in [2.05, 4.69) is 39.8 Å². The van der Waals surface area contributed by atoms with Crippen molar-refractivity contribution in [3.8, 4) is 0 Å². The lowest BCUT2D eigenvalue weighted by atomic mass is 9.56. The van der Waals surface area contributed by atoms with Crippen molar-refractivity contribution in [1.29, 1.82) is 0 Å². The summed E-state index contributed by atoms with van der Waals surface area (Å²) in [6.07, 6.45) is 6.53. The molecule has 3 rings (SSSR count). The fraction of sp³-hybridized carbons (Fsp3) is 0.867. The van der Waals surface area contributed by atoms with Crippen LogP contribution in [0.1, 0.15) is 34.1 Å². The van der Waals surface area contributed by atoms with Crippen molar-refractivity contribution in [2.75, 3.05) is 0 Å². The Kier molecular flexibility index (Phi) is 2.06. The highest BCUT2D eigenvalue weighted by atomic mass is 14.6. The van der Waals surface area contributed by atoms with Crippen LogP contribution in [0.4, 0.5) is 0 Å². The Morgan fingerprint density at radius 2 is 1.07 bits per heavy atom. The zero-order chi connectivity index (χ0) is 10.7. The number of hydrogen-bond acceptors (Lipinski definition) is 0. The predicted octanol–water partition coefficient (Wildman–Crippen LogP) is 3.98. The van der Waals surface area contributed by atoms with Gasteiger partial charge in [-0.2, -0.15) is 0 Å². The molecule has 0 heteroatoms. The molecule has 0 N–H and O–H groups in total. The van der Waals surface area contributed by atoms with E-state index < -0.39 is 0 Å². The number of fused-ring (bicyclic) bond motifs is 5. The van der Waals surface area contributed by atoms with E-state index in [9.17, 15) is 0 Å². The SMILES string of the molecule is CC1C(C)C(C)C2C3C=CC(C3)C2C1C. The zero-order valence-electron chi connectivity index (χ0n) is 10.5. The van der Waals surface area contributed by atoms with Crippen molar-refractivity contribution in [2.45, 2.75) is 34.1 Å². The standard InChI is InChI=1S/C15H24/c1-8-9(2)11(4)15-13-6-5-12(7-13)14(15)10(8)3/h5-6,8-15H,7H2,1-4H3. The molecule has 0 saturated heterocycles. The molecule has 0 nitrogen and oxygen atoms in total. The minimum absolute atomic E-state index is 0.925. The summed E-state index contributed by atoms with van der Waals surface area (Å²) in [5.74, 6) is 7.65. The summed E-state index contributed by atoms with van der Waals surface area (Å²) in [4.78, 5) is 0. The van der Waals surface area contributed by atoms with Crippen molar-refractivity contribution in [3.63, 3.8) is 0 Å². The molecular formula is C15H24. The first-order valence-corrected chi connectivity index (χ1v) is 6.79. The molecule has 2 fully saturated rings. The fourth-order valence-electron chi connectivity index (χ4n) is 5.04. The summed E-state index contributed by atoms with van der Waals surface area (Å²) in [5, 5.41) is 0. The third-order valence-corrected chi connectivity index (χ3v) is 6.29. The molecule has 3 aliphatic carbocycles. The summed E-state index contributed by atoms with van der Waals surface area (Å²) in [7, 11) is 0. The Hall–Kier alpha value is -0.260. The predicted molar refractivity (Wildman–Crippen MR) is 64.4 cm³/mol. The summed E-state index contributed by atoms with van der Waals surface area (Å²) in [6.45, 7) is 9.99. The van der Waals surface area contributed by atoms with Gasteiger partial charge in [0.25, 0.3) is 0 Å². The van der Waals surface area contributed by atoms with Gasteiger partial charge in [0, 0.05) is 0 Å². The van der Waals surface area contributed by atoms with E-state index in [4.69, 9.17) is 0 Å². The molecule has 84 valence electrons. The smallest absolute Gasteiger partial charge is 0.0194 e. The van der Waals surface area contributed by atoms with Gasteiger partial charge in [-0.3, -0.25) is 0 Å². The Bertz CT molecular complexity index is 262. The Morgan fingerprint density at radius 1 is 0.667 bits per heavy atom. The van der Waals surface area contributed by atoms with E-state index in [1.165, 1.54) is 6.42 Å². The Labute approximate surface area is 94.1 Å². The molecule has 8 atom stereocenters. The van der Waals surface area contributed by atoms with Crippen molar-refractivity contribution in [2.24, 2.45) is 47.3 Å². The second-order valence-electron chi connectivity index (χ2n) is 6.54. The molecule has 0 aromatic heterocycles. The normalized spacial score (nSPS) is 62.1. The van der Waals surface area contributed by atoms with Gasteiger partial charge in [0.1, 0.15) is 0 Å². The quantitative estimate of drug-likeness (QED) is 0.523. The zero-order valence-corrected chi connectivity index (χ0v) is 10.5. The van der Waals surface area contributed by atoms with Gasteiger partial charge in [-0.1, -0.05) is 39.8 Å². The van der Waals surface area contributed by atoms with Crippen LogP contribution in [0.15, 0.2) is 12.2 Å². The molecule has 0 aromatic rings. The minimum Gasteiger partial charge on any atom is -0.0848 e. The van der Waals surface area contributed by atoms with Gasteiger partial charge < -0.3 is 0 Å². The molecule has 0 spiro atoms.